The maximum Gasteiger partial charge on any atom is 0.0898 e. The van der Waals surface area contributed by atoms with Crippen molar-refractivity contribution in [2.45, 2.75) is 18.9 Å². The molecule has 0 aromatic heterocycles. The molecule has 1 aromatic rings. The zero-order chi connectivity index (χ0) is 12.3. The van der Waals surface area contributed by atoms with E-state index in [1.165, 1.54) is 0 Å². The maximum atomic E-state index is 12.4. The number of halogens is 1. The van der Waals surface area contributed by atoms with Gasteiger partial charge in [-0.2, -0.15) is 0 Å². The van der Waals surface area contributed by atoms with E-state index in [1.54, 1.807) is 0 Å². The molecule has 17 heavy (non-hydrogen) atoms. The minimum absolute atomic E-state index is 0.00774. The van der Waals surface area contributed by atoms with E-state index >= 15 is 0 Å². The van der Waals surface area contributed by atoms with Crippen LogP contribution in [0.4, 0.5) is 15.8 Å². The number of alkyl halides is 1. The van der Waals surface area contributed by atoms with Gasteiger partial charge in [-0.3, -0.25) is 4.39 Å². The van der Waals surface area contributed by atoms with Crippen LogP contribution >= 0.6 is 0 Å². The molecule has 0 aliphatic carbocycles. The topological polar surface area (TPSA) is 49.5 Å². The first-order valence-corrected chi connectivity index (χ1v) is 6.06. The average Bonchev–Trinajstić information content (AvgIpc) is 2.33. The first kappa shape index (κ1) is 12.2. The van der Waals surface area contributed by atoms with Gasteiger partial charge in [0.05, 0.1) is 24.2 Å². The van der Waals surface area contributed by atoms with Gasteiger partial charge in [0.1, 0.15) is 0 Å². The summed E-state index contributed by atoms with van der Waals surface area (Å²) in [5.41, 5.74) is 7.66. The molecular weight excluding hydrogens is 219 g/mol. The Labute approximate surface area is 101 Å². The third kappa shape index (κ3) is 2.69. The van der Waals surface area contributed by atoms with Crippen LogP contribution in [-0.4, -0.2) is 31.0 Å². The van der Waals surface area contributed by atoms with Crippen LogP contribution in [0.5, 0.6) is 0 Å². The van der Waals surface area contributed by atoms with Crippen molar-refractivity contribution in [3.63, 3.8) is 0 Å². The number of aliphatic hydroxyl groups is 1. The minimum Gasteiger partial charge on any atom is -0.397 e. The molecular formula is C13H19FN2O. The predicted octanol–water partition coefficient (Wildman–Crippen LogP) is 1.82. The second-order valence-electron chi connectivity index (χ2n) is 4.60. The number of hydrogen-bond donors (Lipinski definition) is 2. The van der Waals surface area contributed by atoms with Crippen LogP contribution in [-0.2, 0) is 0 Å². The van der Waals surface area contributed by atoms with E-state index in [-0.39, 0.29) is 18.7 Å². The molecule has 1 aliphatic rings. The van der Waals surface area contributed by atoms with Gasteiger partial charge in [-0.15, -0.1) is 0 Å². The number of piperidine rings is 1. The van der Waals surface area contributed by atoms with Crippen molar-refractivity contribution in [3.05, 3.63) is 24.3 Å². The van der Waals surface area contributed by atoms with Crippen LogP contribution in [0.15, 0.2) is 24.3 Å². The SMILES string of the molecule is Nc1ccccc1N1CC[C@H](O)[C@@H](CCF)C1. The molecule has 0 spiro atoms. The summed E-state index contributed by atoms with van der Waals surface area (Å²) < 4.78 is 12.4. The van der Waals surface area contributed by atoms with Gasteiger partial charge in [0, 0.05) is 19.0 Å². The second kappa shape index (κ2) is 5.36. The van der Waals surface area contributed by atoms with E-state index in [4.69, 9.17) is 5.73 Å². The summed E-state index contributed by atoms with van der Waals surface area (Å²) in [4.78, 5) is 2.14. The Hall–Kier alpha value is -1.29. The molecule has 3 nitrogen and oxygen atoms in total. The zero-order valence-electron chi connectivity index (χ0n) is 9.85. The van der Waals surface area contributed by atoms with Gasteiger partial charge in [0.25, 0.3) is 0 Å². The second-order valence-corrected chi connectivity index (χ2v) is 4.60. The van der Waals surface area contributed by atoms with Crippen molar-refractivity contribution >= 4 is 11.4 Å². The molecule has 3 N–H and O–H groups in total. The van der Waals surface area contributed by atoms with Crippen molar-refractivity contribution in [3.8, 4) is 0 Å². The molecule has 1 saturated heterocycles. The third-order valence-electron chi connectivity index (χ3n) is 3.45. The summed E-state index contributed by atoms with van der Waals surface area (Å²) in [6.07, 6.45) is 0.718. The molecule has 1 fully saturated rings. The number of nitrogens with zero attached hydrogens (tertiary/aromatic N) is 1. The Bertz CT molecular complexity index is 372. The molecule has 0 radical (unpaired) electrons. The molecule has 94 valence electrons. The molecule has 2 rings (SSSR count). The molecule has 4 heteroatoms. The molecule has 1 heterocycles. The fraction of sp³-hybridized carbons (Fsp3) is 0.538. The Kier molecular flexibility index (Phi) is 3.84. The van der Waals surface area contributed by atoms with Crippen molar-refractivity contribution in [1.82, 2.24) is 0 Å². The van der Waals surface area contributed by atoms with Crippen LogP contribution in [0.2, 0.25) is 0 Å². The van der Waals surface area contributed by atoms with Crippen molar-refractivity contribution in [1.29, 1.82) is 0 Å². The maximum absolute atomic E-state index is 12.4. The van der Waals surface area contributed by atoms with Gasteiger partial charge in [0.15, 0.2) is 0 Å². The van der Waals surface area contributed by atoms with Crippen LogP contribution in [0.25, 0.3) is 0 Å². The summed E-state index contributed by atoms with van der Waals surface area (Å²) in [6.45, 7) is 1.08. The average molecular weight is 238 g/mol. The van der Waals surface area contributed by atoms with E-state index in [9.17, 15) is 9.50 Å². The minimum atomic E-state index is -0.382. The number of nitrogens with two attached hydrogens (primary N) is 1. The number of hydrogen-bond acceptors (Lipinski definition) is 3. The Morgan fingerprint density at radius 2 is 2.18 bits per heavy atom. The van der Waals surface area contributed by atoms with Gasteiger partial charge < -0.3 is 15.7 Å². The number of aliphatic hydroxyl groups excluding tert-OH is 1. The molecule has 0 unspecified atom stereocenters. The fourth-order valence-corrected chi connectivity index (χ4v) is 2.44. The van der Waals surface area contributed by atoms with Gasteiger partial charge in [-0.1, -0.05) is 12.1 Å². The fourth-order valence-electron chi connectivity index (χ4n) is 2.44. The van der Waals surface area contributed by atoms with Crippen molar-refractivity contribution in [2.24, 2.45) is 5.92 Å². The van der Waals surface area contributed by atoms with Gasteiger partial charge in [0.2, 0.25) is 0 Å². The highest BCUT2D eigenvalue weighted by molar-refractivity contribution is 5.67. The summed E-state index contributed by atoms with van der Waals surface area (Å²) in [7, 11) is 0. The number of anilines is 2. The quantitative estimate of drug-likeness (QED) is 0.790. The van der Waals surface area contributed by atoms with Gasteiger partial charge in [-0.05, 0) is 25.0 Å². The van der Waals surface area contributed by atoms with Crippen LogP contribution in [0, 0.1) is 5.92 Å². The number of rotatable bonds is 3. The highest BCUT2D eigenvalue weighted by Crippen LogP contribution is 2.29. The Morgan fingerprint density at radius 3 is 2.88 bits per heavy atom. The number of benzene rings is 1. The summed E-state index contributed by atoms with van der Waals surface area (Å²) >= 11 is 0. The molecule has 1 aliphatic heterocycles. The first-order chi connectivity index (χ1) is 8.22. The normalized spacial score (nSPS) is 24.9. The van der Waals surface area contributed by atoms with Crippen LogP contribution < -0.4 is 10.6 Å². The highest BCUT2D eigenvalue weighted by Gasteiger charge is 2.28. The van der Waals surface area contributed by atoms with Crippen molar-refractivity contribution in [2.75, 3.05) is 30.4 Å². The predicted molar refractivity (Wildman–Crippen MR) is 67.8 cm³/mol. The Morgan fingerprint density at radius 1 is 1.41 bits per heavy atom. The number of nitrogen functional groups attached to an aromatic ring is 1. The zero-order valence-corrected chi connectivity index (χ0v) is 9.85. The molecule has 1 aromatic carbocycles. The third-order valence-corrected chi connectivity index (χ3v) is 3.45. The van der Waals surface area contributed by atoms with E-state index < -0.39 is 0 Å². The lowest BCUT2D eigenvalue weighted by atomic mass is 9.92. The van der Waals surface area contributed by atoms with Gasteiger partial charge >= 0.3 is 0 Å². The van der Waals surface area contributed by atoms with E-state index in [2.05, 4.69) is 4.90 Å². The van der Waals surface area contributed by atoms with E-state index in [0.717, 1.165) is 17.9 Å². The molecule has 2 atom stereocenters. The summed E-state index contributed by atoms with van der Waals surface area (Å²) in [5.74, 6) is 0.00774. The van der Waals surface area contributed by atoms with Crippen LogP contribution in [0.3, 0.4) is 0 Å². The monoisotopic (exact) mass is 238 g/mol. The molecule has 0 amide bonds. The smallest absolute Gasteiger partial charge is 0.0898 e. The standard InChI is InChI=1S/C13H19FN2O/c14-7-5-10-9-16(8-6-13(10)17)12-4-2-1-3-11(12)15/h1-4,10,13,17H,5-9,15H2/t10-,13-/m0/s1. The molecule has 0 bridgehead atoms. The lowest BCUT2D eigenvalue weighted by Gasteiger charge is -2.37. The highest BCUT2D eigenvalue weighted by atomic mass is 19.1. The van der Waals surface area contributed by atoms with E-state index in [1.807, 2.05) is 24.3 Å². The van der Waals surface area contributed by atoms with E-state index in [0.29, 0.717) is 19.4 Å². The van der Waals surface area contributed by atoms with Gasteiger partial charge in [-0.25, -0.2) is 0 Å². The lowest BCUT2D eigenvalue weighted by molar-refractivity contribution is 0.0795. The Balaban J connectivity index is 2.10. The van der Waals surface area contributed by atoms with Crippen LogP contribution in [0.1, 0.15) is 12.8 Å². The number of para-hydroxylation sites is 2. The summed E-state index contributed by atoms with van der Waals surface area (Å²) in [5, 5.41) is 9.81. The first-order valence-electron chi connectivity index (χ1n) is 6.06. The van der Waals surface area contributed by atoms with Crippen molar-refractivity contribution < 1.29 is 9.50 Å². The lowest BCUT2D eigenvalue weighted by Crippen LogP contribution is -2.43. The summed E-state index contributed by atoms with van der Waals surface area (Å²) in [6, 6.07) is 7.68. The largest absolute Gasteiger partial charge is 0.397 e. The molecule has 0 saturated carbocycles.